The maximum Gasteiger partial charge on any atom is 0.306 e. The molecule has 54 heavy (non-hydrogen) atoms. The van der Waals surface area contributed by atoms with Crippen LogP contribution in [0.25, 0.3) is 0 Å². The fraction of sp³-hybridized carbons (Fsp3) is 0.976. The summed E-state index contributed by atoms with van der Waals surface area (Å²) in [6, 6.07) is 0. The first-order valence-electron chi connectivity index (χ1n) is 21.1. The number of rotatable bonds is 7. The first-order chi connectivity index (χ1) is 25.6. The molecular formula is C41H66O13. The van der Waals surface area contributed by atoms with Crippen LogP contribution in [0, 0.1) is 40.4 Å². The average molecular weight is 767 g/mol. The average Bonchev–Trinajstić information content (AvgIpc) is 3.66. The Bertz CT molecular complexity index is 1320. The summed E-state index contributed by atoms with van der Waals surface area (Å²) in [7, 11) is 0. The van der Waals surface area contributed by atoms with Crippen LogP contribution in [0.1, 0.15) is 118 Å². The van der Waals surface area contributed by atoms with E-state index in [1.165, 1.54) is 0 Å². The summed E-state index contributed by atoms with van der Waals surface area (Å²) in [4.78, 5) is 12.0. The molecule has 0 aromatic carbocycles. The molecule has 0 aromatic rings. The number of carbonyl (C=O) groups excluding carboxylic acids is 1. The van der Waals surface area contributed by atoms with E-state index in [2.05, 4.69) is 13.8 Å². The third kappa shape index (κ3) is 6.90. The summed E-state index contributed by atoms with van der Waals surface area (Å²) >= 11 is 0. The molecule has 0 spiro atoms. The molecule has 2 unspecified atom stereocenters. The molecule has 13 nitrogen and oxygen atoms in total. The van der Waals surface area contributed by atoms with E-state index in [0.29, 0.717) is 30.8 Å². The molecular weight excluding hydrogens is 700 g/mol. The van der Waals surface area contributed by atoms with Crippen molar-refractivity contribution in [2.75, 3.05) is 6.61 Å². The molecule has 4 saturated carbocycles. The third-order valence-electron chi connectivity index (χ3n) is 16.3. The van der Waals surface area contributed by atoms with Crippen LogP contribution >= 0.6 is 0 Å². The predicted molar refractivity (Wildman–Crippen MR) is 191 cm³/mol. The molecule has 0 radical (unpaired) electrons. The molecule has 8 rings (SSSR count). The van der Waals surface area contributed by atoms with Crippen molar-refractivity contribution in [3.8, 4) is 0 Å². The van der Waals surface area contributed by atoms with Crippen LogP contribution in [0.2, 0.25) is 0 Å². The zero-order valence-electron chi connectivity index (χ0n) is 32.8. The highest BCUT2D eigenvalue weighted by molar-refractivity contribution is 5.71. The van der Waals surface area contributed by atoms with Crippen molar-refractivity contribution >= 4 is 5.97 Å². The van der Waals surface area contributed by atoms with Crippen LogP contribution in [0.15, 0.2) is 0 Å². The van der Waals surface area contributed by atoms with E-state index >= 15 is 0 Å². The van der Waals surface area contributed by atoms with Gasteiger partial charge in [0, 0.05) is 25.2 Å². The number of cyclic esters (lactones) is 1. The van der Waals surface area contributed by atoms with Crippen molar-refractivity contribution in [2.24, 2.45) is 40.4 Å². The van der Waals surface area contributed by atoms with Crippen molar-refractivity contribution < 1.29 is 63.5 Å². The Morgan fingerprint density at radius 3 is 1.83 bits per heavy atom. The minimum atomic E-state index is -0.994. The zero-order valence-corrected chi connectivity index (χ0v) is 32.8. The number of esters is 1. The van der Waals surface area contributed by atoms with Crippen molar-refractivity contribution in [3.05, 3.63) is 0 Å². The van der Waals surface area contributed by atoms with Gasteiger partial charge in [-0.2, -0.15) is 0 Å². The molecule has 0 amide bonds. The Hall–Kier alpha value is -0.970. The molecule has 8 fully saturated rings. The number of ether oxygens (including phenoxy) is 7. The maximum atomic E-state index is 12.6. The summed E-state index contributed by atoms with van der Waals surface area (Å²) in [6.07, 6.45) is 1.01. The van der Waals surface area contributed by atoms with Gasteiger partial charge in [0.05, 0.1) is 61.4 Å². The topological polar surface area (TPSA) is 183 Å². The SMILES string of the molecule is C[C@H]1O[C@@H](O[C@H]2[C@@H](O)C[C@H](O[C@H]3[C@@H](O)CC(O[C@H]4CC[C@@]5(C)[C@H](CC[C@@H]6[C@@H]5CC[C@]5(C)[C@@H](C7COC(=O)C7)CC[C@]65O)C4)O[C@@H]3C)O[C@@H]2C)C[C@H](O)[C@@H]1O. The maximum absolute atomic E-state index is 12.6. The van der Waals surface area contributed by atoms with E-state index in [9.17, 15) is 30.3 Å². The van der Waals surface area contributed by atoms with Crippen LogP contribution < -0.4 is 0 Å². The van der Waals surface area contributed by atoms with E-state index in [1.54, 1.807) is 13.8 Å². The lowest BCUT2D eigenvalue weighted by atomic mass is 9.43. The fourth-order valence-corrected chi connectivity index (χ4v) is 13.2. The van der Waals surface area contributed by atoms with E-state index < -0.39 is 79.4 Å². The highest BCUT2D eigenvalue weighted by Gasteiger charge is 2.68. The molecule has 5 N–H and O–H groups in total. The van der Waals surface area contributed by atoms with Gasteiger partial charge in [0.1, 0.15) is 18.3 Å². The minimum absolute atomic E-state index is 0.0318. The van der Waals surface area contributed by atoms with Gasteiger partial charge in [-0.25, -0.2) is 0 Å². The Morgan fingerprint density at radius 2 is 1.24 bits per heavy atom. The van der Waals surface area contributed by atoms with Crippen molar-refractivity contribution in [3.63, 3.8) is 0 Å². The van der Waals surface area contributed by atoms with Gasteiger partial charge in [0.2, 0.25) is 0 Å². The van der Waals surface area contributed by atoms with Crippen molar-refractivity contribution in [1.82, 2.24) is 0 Å². The lowest BCUT2D eigenvalue weighted by Crippen LogP contribution is -2.62. The van der Waals surface area contributed by atoms with Gasteiger partial charge < -0.3 is 58.7 Å². The summed E-state index contributed by atoms with van der Waals surface area (Å²) in [5.74, 6) is 1.72. The standard InChI is InChI=1S/C41H66O13/c1-20-36(46)29(42)16-34(49-20)53-38-22(3)51-35(18-31(38)44)54-37-21(2)50-33(17-30(37)43)52-25-8-11-39(4)24(15-25)6-7-28-27(39)9-12-40(5)26(10-13-41(28,40)47)23-14-32(45)48-19-23/h20-31,33-38,42-44,46-47H,6-19H2,1-5H3/t20-,21-,22-,23?,24-,25+,26-,27+,28-,29+,30+,31+,33?,34+,35+,36-,37-,38-,39+,40-,41+/m1/s1. The summed E-state index contributed by atoms with van der Waals surface area (Å²) in [6.45, 7) is 10.6. The smallest absolute Gasteiger partial charge is 0.306 e. The van der Waals surface area contributed by atoms with E-state index in [0.717, 1.165) is 57.8 Å². The van der Waals surface area contributed by atoms with Crippen molar-refractivity contribution in [1.29, 1.82) is 0 Å². The van der Waals surface area contributed by atoms with Crippen molar-refractivity contribution in [2.45, 2.75) is 204 Å². The number of hydrogen-bond donors (Lipinski definition) is 5. The molecule has 4 heterocycles. The van der Waals surface area contributed by atoms with Gasteiger partial charge >= 0.3 is 5.97 Å². The summed E-state index contributed by atoms with van der Waals surface area (Å²) in [5, 5.41) is 55.0. The van der Waals surface area contributed by atoms with Crippen LogP contribution in [0.5, 0.6) is 0 Å². The molecule has 21 atom stereocenters. The summed E-state index contributed by atoms with van der Waals surface area (Å²) in [5.41, 5.74) is -0.728. The Kier molecular flexibility index (Phi) is 11.1. The minimum Gasteiger partial charge on any atom is -0.465 e. The first kappa shape index (κ1) is 39.8. The number of hydrogen-bond acceptors (Lipinski definition) is 13. The molecule has 0 bridgehead atoms. The Labute approximate surface area is 319 Å². The largest absolute Gasteiger partial charge is 0.465 e. The Balaban J connectivity index is 0.823. The second-order valence-electron chi connectivity index (χ2n) is 19.1. The van der Waals surface area contributed by atoms with Gasteiger partial charge in [0.25, 0.3) is 0 Å². The van der Waals surface area contributed by atoms with Crippen LogP contribution in [-0.2, 0) is 38.0 Å². The molecule has 0 aromatic heterocycles. The normalized spacial score (nSPS) is 56.4. The molecule has 4 aliphatic heterocycles. The predicted octanol–water partition coefficient (Wildman–Crippen LogP) is 3.33. The van der Waals surface area contributed by atoms with Gasteiger partial charge in [-0.1, -0.05) is 13.8 Å². The zero-order chi connectivity index (χ0) is 38.3. The number of aliphatic hydroxyl groups is 5. The second-order valence-corrected chi connectivity index (χ2v) is 19.1. The molecule has 308 valence electrons. The first-order valence-corrected chi connectivity index (χ1v) is 21.1. The second kappa shape index (κ2) is 15.0. The van der Waals surface area contributed by atoms with Gasteiger partial charge in [-0.3, -0.25) is 4.79 Å². The fourth-order valence-electron chi connectivity index (χ4n) is 13.2. The van der Waals surface area contributed by atoms with Crippen LogP contribution in [0.4, 0.5) is 0 Å². The van der Waals surface area contributed by atoms with Gasteiger partial charge in [0.15, 0.2) is 18.9 Å². The number of carbonyl (C=O) groups is 1. The molecule has 8 aliphatic rings. The highest BCUT2D eigenvalue weighted by atomic mass is 16.7. The third-order valence-corrected chi connectivity index (χ3v) is 16.3. The van der Waals surface area contributed by atoms with Gasteiger partial charge in [-0.05, 0) is 113 Å². The molecule has 4 saturated heterocycles. The quantitative estimate of drug-likeness (QED) is 0.188. The highest BCUT2D eigenvalue weighted by Crippen LogP contribution is 2.70. The van der Waals surface area contributed by atoms with Gasteiger partial charge in [-0.15, -0.1) is 0 Å². The van der Waals surface area contributed by atoms with Crippen LogP contribution in [0.3, 0.4) is 0 Å². The molecule has 4 aliphatic carbocycles. The number of fused-ring (bicyclic) bond motifs is 5. The number of aliphatic hydroxyl groups excluding tert-OH is 4. The summed E-state index contributed by atoms with van der Waals surface area (Å²) < 4.78 is 42.3. The lowest BCUT2D eigenvalue weighted by molar-refractivity contribution is -0.336. The van der Waals surface area contributed by atoms with E-state index in [1.807, 2.05) is 6.92 Å². The molecule has 13 heteroatoms. The lowest BCUT2D eigenvalue weighted by Gasteiger charge is -2.64. The van der Waals surface area contributed by atoms with Crippen LogP contribution in [-0.4, -0.2) is 124 Å². The van der Waals surface area contributed by atoms with E-state index in [-0.39, 0.29) is 54.0 Å². The van der Waals surface area contributed by atoms with E-state index in [4.69, 9.17) is 33.2 Å². The Morgan fingerprint density at radius 1 is 0.648 bits per heavy atom. The monoisotopic (exact) mass is 766 g/mol.